The summed E-state index contributed by atoms with van der Waals surface area (Å²) in [5, 5.41) is 5.76. The van der Waals surface area contributed by atoms with Crippen LogP contribution in [0.3, 0.4) is 0 Å². The average Bonchev–Trinajstić information content (AvgIpc) is 2.47. The van der Waals surface area contributed by atoms with Gasteiger partial charge in [0.1, 0.15) is 0 Å². The van der Waals surface area contributed by atoms with Crippen LogP contribution in [0, 0.1) is 6.92 Å². The lowest BCUT2D eigenvalue weighted by Gasteiger charge is -2.26. The Hall–Kier alpha value is -2.29. The van der Waals surface area contributed by atoms with E-state index < -0.39 is 0 Å². The van der Waals surface area contributed by atoms with Gasteiger partial charge < -0.3 is 10.6 Å². The summed E-state index contributed by atoms with van der Waals surface area (Å²) >= 11 is 0. The molecule has 2 rings (SSSR count). The van der Waals surface area contributed by atoms with Crippen LogP contribution in [0.5, 0.6) is 0 Å². The number of anilines is 1. The van der Waals surface area contributed by atoms with Crippen molar-refractivity contribution in [2.75, 3.05) is 11.9 Å². The van der Waals surface area contributed by atoms with Crippen molar-refractivity contribution in [3.8, 4) is 0 Å². The Bertz CT molecular complexity index is 588. The number of carbonyl (C=O) groups excluding carboxylic acids is 1. The summed E-state index contributed by atoms with van der Waals surface area (Å²) in [5.74, 6) is 0. The summed E-state index contributed by atoms with van der Waals surface area (Å²) in [5.41, 5.74) is 3.14. The molecule has 0 bridgehead atoms. The van der Waals surface area contributed by atoms with E-state index in [1.165, 1.54) is 11.1 Å². The van der Waals surface area contributed by atoms with Crippen molar-refractivity contribution in [3.05, 3.63) is 65.7 Å². The number of benzene rings is 2. The third-order valence-corrected chi connectivity index (χ3v) is 3.56. The Morgan fingerprint density at radius 1 is 1.00 bits per heavy atom. The van der Waals surface area contributed by atoms with E-state index in [1.807, 2.05) is 30.3 Å². The molecule has 0 fully saturated rings. The predicted molar refractivity (Wildman–Crippen MR) is 87.7 cm³/mol. The van der Waals surface area contributed by atoms with Gasteiger partial charge in [-0.3, -0.25) is 0 Å². The van der Waals surface area contributed by atoms with Crippen molar-refractivity contribution in [1.29, 1.82) is 0 Å². The minimum atomic E-state index is -0.179. The van der Waals surface area contributed by atoms with E-state index >= 15 is 0 Å². The van der Waals surface area contributed by atoms with E-state index in [4.69, 9.17) is 0 Å². The molecule has 0 aliphatic rings. The second kappa shape index (κ2) is 6.44. The Balaban J connectivity index is 1.92. The second-order valence-electron chi connectivity index (χ2n) is 5.92. The summed E-state index contributed by atoms with van der Waals surface area (Å²) in [4.78, 5) is 11.9. The minimum absolute atomic E-state index is 0.109. The largest absolute Gasteiger partial charge is 0.337 e. The molecule has 0 atom stereocenters. The van der Waals surface area contributed by atoms with E-state index in [2.05, 4.69) is 55.7 Å². The number of urea groups is 1. The lowest BCUT2D eigenvalue weighted by Crippen LogP contribution is -2.38. The first kappa shape index (κ1) is 15.1. The highest BCUT2D eigenvalue weighted by Gasteiger charge is 2.21. The molecule has 0 radical (unpaired) electrons. The highest BCUT2D eigenvalue weighted by Crippen LogP contribution is 2.22. The average molecular weight is 282 g/mol. The molecule has 2 aromatic carbocycles. The summed E-state index contributed by atoms with van der Waals surface area (Å²) in [7, 11) is 0. The lowest BCUT2D eigenvalue weighted by atomic mass is 9.84. The zero-order chi connectivity index (χ0) is 15.3. The quantitative estimate of drug-likeness (QED) is 0.871. The topological polar surface area (TPSA) is 41.1 Å². The maximum Gasteiger partial charge on any atom is 0.319 e. The fraction of sp³-hybridized carbons (Fsp3) is 0.278. The number of hydrogen-bond donors (Lipinski definition) is 2. The molecule has 0 unspecified atom stereocenters. The number of rotatable bonds is 4. The zero-order valence-electron chi connectivity index (χ0n) is 12.8. The van der Waals surface area contributed by atoms with Gasteiger partial charge >= 0.3 is 6.03 Å². The molecule has 3 nitrogen and oxygen atoms in total. The molecular weight excluding hydrogens is 260 g/mol. The molecule has 2 amide bonds. The highest BCUT2D eigenvalue weighted by atomic mass is 16.2. The van der Waals surface area contributed by atoms with Crippen LogP contribution < -0.4 is 10.6 Å². The number of carbonyl (C=O) groups is 1. The summed E-state index contributed by atoms with van der Waals surface area (Å²) in [6, 6.07) is 17.7. The molecule has 0 saturated carbocycles. The number of nitrogens with one attached hydrogen (secondary N) is 2. The Morgan fingerprint density at radius 3 is 2.24 bits per heavy atom. The van der Waals surface area contributed by atoms with Crippen molar-refractivity contribution in [2.24, 2.45) is 0 Å². The Morgan fingerprint density at radius 2 is 1.62 bits per heavy atom. The van der Waals surface area contributed by atoms with Gasteiger partial charge in [0.2, 0.25) is 0 Å². The maximum absolute atomic E-state index is 11.9. The van der Waals surface area contributed by atoms with E-state index in [0.29, 0.717) is 6.54 Å². The smallest absolute Gasteiger partial charge is 0.319 e. The number of amides is 2. The van der Waals surface area contributed by atoms with Crippen molar-refractivity contribution < 1.29 is 4.79 Å². The SMILES string of the molecule is Cc1ccc(C(C)(C)CNC(=O)Nc2ccccc2)cc1. The predicted octanol–water partition coefficient (Wildman–Crippen LogP) is 4.09. The van der Waals surface area contributed by atoms with Crippen LogP contribution >= 0.6 is 0 Å². The standard InChI is InChI=1S/C18H22N2O/c1-14-9-11-15(12-10-14)18(2,3)13-19-17(21)20-16-7-5-4-6-8-16/h4-12H,13H2,1-3H3,(H2,19,20,21). The first-order chi connectivity index (χ1) is 9.97. The Labute approximate surface area is 126 Å². The van der Waals surface area contributed by atoms with Gasteiger partial charge in [0.25, 0.3) is 0 Å². The molecule has 3 heteroatoms. The van der Waals surface area contributed by atoms with Crippen LogP contribution in [0.4, 0.5) is 10.5 Å². The molecule has 0 spiro atoms. The van der Waals surface area contributed by atoms with Crippen molar-refractivity contribution in [2.45, 2.75) is 26.2 Å². The fourth-order valence-corrected chi connectivity index (χ4v) is 2.10. The van der Waals surface area contributed by atoms with Crippen molar-refractivity contribution >= 4 is 11.7 Å². The number of hydrogen-bond acceptors (Lipinski definition) is 1. The third-order valence-electron chi connectivity index (χ3n) is 3.56. The molecule has 0 aromatic heterocycles. The molecule has 0 aliphatic heterocycles. The van der Waals surface area contributed by atoms with Gasteiger partial charge in [0, 0.05) is 17.6 Å². The monoisotopic (exact) mass is 282 g/mol. The van der Waals surface area contributed by atoms with Crippen molar-refractivity contribution in [1.82, 2.24) is 5.32 Å². The molecule has 110 valence electrons. The number of para-hydroxylation sites is 1. The Kier molecular flexibility index (Phi) is 4.63. The van der Waals surface area contributed by atoms with E-state index in [9.17, 15) is 4.79 Å². The van der Waals surface area contributed by atoms with Gasteiger partial charge in [-0.05, 0) is 24.6 Å². The van der Waals surface area contributed by atoms with Crippen LogP contribution in [-0.2, 0) is 5.41 Å². The van der Waals surface area contributed by atoms with Crippen LogP contribution in [0.25, 0.3) is 0 Å². The van der Waals surface area contributed by atoms with Gasteiger partial charge in [0.05, 0.1) is 0 Å². The van der Waals surface area contributed by atoms with Crippen LogP contribution in [0.15, 0.2) is 54.6 Å². The normalized spacial score (nSPS) is 11.0. The zero-order valence-corrected chi connectivity index (χ0v) is 12.8. The molecule has 2 aromatic rings. The maximum atomic E-state index is 11.9. The van der Waals surface area contributed by atoms with E-state index in [1.54, 1.807) is 0 Å². The van der Waals surface area contributed by atoms with Crippen LogP contribution in [0.2, 0.25) is 0 Å². The van der Waals surface area contributed by atoms with Gasteiger partial charge in [-0.1, -0.05) is 61.9 Å². The van der Waals surface area contributed by atoms with Gasteiger partial charge in [-0.25, -0.2) is 4.79 Å². The minimum Gasteiger partial charge on any atom is -0.337 e. The van der Waals surface area contributed by atoms with Gasteiger partial charge in [0.15, 0.2) is 0 Å². The van der Waals surface area contributed by atoms with Crippen LogP contribution in [0.1, 0.15) is 25.0 Å². The van der Waals surface area contributed by atoms with Crippen molar-refractivity contribution in [3.63, 3.8) is 0 Å². The molecule has 21 heavy (non-hydrogen) atoms. The molecule has 0 saturated heterocycles. The van der Waals surface area contributed by atoms with Gasteiger partial charge in [-0.15, -0.1) is 0 Å². The van der Waals surface area contributed by atoms with E-state index in [0.717, 1.165) is 5.69 Å². The molecule has 0 aliphatic carbocycles. The van der Waals surface area contributed by atoms with E-state index in [-0.39, 0.29) is 11.4 Å². The highest BCUT2D eigenvalue weighted by molar-refractivity contribution is 5.89. The second-order valence-corrected chi connectivity index (χ2v) is 5.92. The summed E-state index contributed by atoms with van der Waals surface area (Å²) in [6.07, 6.45) is 0. The molecular formula is C18H22N2O. The third kappa shape index (κ3) is 4.35. The van der Waals surface area contributed by atoms with Gasteiger partial charge in [-0.2, -0.15) is 0 Å². The lowest BCUT2D eigenvalue weighted by molar-refractivity contribution is 0.249. The molecule has 2 N–H and O–H groups in total. The first-order valence-electron chi connectivity index (χ1n) is 7.14. The summed E-state index contributed by atoms with van der Waals surface area (Å²) < 4.78 is 0. The first-order valence-corrected chi connectivity index (χ1v) is 7.14. The number of aryl methyl sites for hydroxylation is 1. The van der Waals surface area contributed by atoms with Crippen LogP contribution in [-0.4, -0.2) is 12.6 Å². The fourth-order valence-electron chi connectivity index (χ4n) is 2.10. The molecule has 0 heterocycles. The summed E-state index contributed by atoms with van der Waals surface area (Å²) in [6.45, 7) is 6.90.